The molecule has 0 saturated heterocycles. The predicted molar refractivity (Wildman–Crippen MR) is 163 cm³/mol. The van der Waals surface area contributed by atoms with Gasteiger partial charge in [-0.05, 0) is 28.7 Å². The van der Waals surface area contributed by atoms with Crippen molar-refractivity contribution in [2.24, 2.45) is 5.92 Å². The van der Waals surface area contributed by atoms with Crippen molar-refractivity contribution in [3.8, 4) is 0 Å². The van der Waals surface area contributed by atoms with E-state index >= 15 is 0 Å². The number of thiazole rings is 1. The van der Waals surface area contributed by atoms with Crippen LogP contribution in [0, 0.1) is 21.4 Å². The van der Waals surface area contributed by atoms with E-state index in [1.807, 2.05) is 54.6 Å². The maximum Gasteiger partial charge on any atom is 0.270 e. The Kier molecular flexibility index (Phi) is 7.84. The highest BCUT2D eigenvalue weighted by Crippen LogP contribution is 2.41. The van der Waals surface area contributed by atoms with E-state index in [4.69, 9.17) is 0 Å². The Morgan fingerprint density at radius 1 is 0.900 bits per heavy atom. The van der Waals surface area contributed by atoms with Gasteiger partial charge in [-0.25, -0.2) is 4.98 Å². The first-order valence-corrected chi connectivity index (χ1v) is 14.0. The van der Waals surface area contributed by atoms with Crippen LogP contribution < -0.4 is 5.32 Å². The smallest absolute Gasteiger partial charge is 0.270 e. The monoisotopic (exact) mass is 546 g/mol. The number of anilines is 1. The molecule has 0 aliphatic heterocycles. The van der Waals surface area contributed by atoms with Gasteiger partial charge in [-0.2, -0.15) is 0 Å². The molecule has 0 radical (unpaired) electrons. The number of nitrogens with zero attached hydrogens (tertiary/aromatic N) is 2. The SMILES string of the molecule is CC(C)Cc1ncc(C(=N)c2cc([N+](=O)[O-])ccc2NC(c2ccccc2)(c2ccccc2)c2ccccc2)s1. The zero-order valence-corrected chi connectivity index (χ0v) is 23.2. The Hall–Kier alpha value is -4.62. The van der Waals surface area contributed by atoms with Crippen LogP contribution in [0.2, 0.25) is 0 Å². The van der Waals surface area contributed by atoms with Crippen LogP contribution in [0.1, 0.15) is 46.0 Å². The average molecular weight is 547 g/mol. The molecular weight excluding hydrogens is 516 g/mol. The summed E-state index contributed by atoms with van der Waals surface area (Å²) in [6.45, 7) is 4.26. The Morgan fingerprint density at radius 3 is 1.90 bits per heavy atom. The third-order valence-electron chi connectivity index (χ3n) is 6.81. The van der Waals surface area contributed by atoms with Gasteiger partial charge >= 0.3 is 0 Å². The van der Waals surface area contributed by atoms with Crippen LogP contribution in [0.15, 0.2) is 115 Å². The molecule has 0 atom stereocenters. The fourth-order valence-electron chi connectivity index (χ4n) is 4.95. The van der Waals surface area contributed by atoms with Crippen LogP contribution in [-0.4, -0.2) is 15.6 Å². The molecule has 5 rings (SSSR count). The van der Waals surface area contributed by atoms with Crippen LogP contribution in [0.5, 0.6) is 0 Å². The molecule has 0 spiro atoms. The summed E-state index contributed by atoms with van der Waals surface area (Å²) in [5.41, 5.74) is 3.35. The lowest BCUT2D eigenvalue weighted by atomic mass is 9.76. The third kappa shape index (κ3) is 5.42. The molecule has 200 valence electrons. The molecule has 5 aromatic rings. The summed E-state index contributed by atoms with van der Waals surface area (Å²) in [6, 6.07) is 35.1. The van der Waals surface area contributed by atoms with E-state index in [-0.39, 0.29) is 11.4 Å². The minimum atomic E-state index is -0.842. The highest BCUT2D eigenvalue weighted by Gasteiger charge is 2.37. The summed E-state index contributed by atoms with van der Waals surface area (Å²) in [6.07, 6.45) is 2.52. The summed E-state index contributed by atoms with van der Waals surface area (Å²) < 4.78 is 0. The molecule has 2 N–H and O–H groups in total. The quantitative estimate of drug-likeness (QED) is 0.0802. The number of hydrogen-bond donors (Lipinski definition) is 2. The lowest BCUT2D eigenvalue weighted by molar-refractivity contribution is -0.384. The fourth-order valence-corrected chi connectivity index (χ4v) is 6.04. The first-order valence-electron chi connectivity index (χ1n) is 13.2. The van der Waals surface area contributed by atoms with Gasteiger partial charge in [0.25, 0.3) is 5.69 Å². The number of nitrogens with one attached hydrogen (secondary N) is 2. The average Bonchev–Trinajstić information content (AvgIpc) is 3.44. The van der Waals surface area contributed by atoms with Gasteiger partial charge in [-0.3, -0.25) is 15.5 Å². The molecule has 0 fully saturated rings. The number of nitro groups is 1. The van der Waals surface area contributed by atoms with E-state index in [0.717, 1.165) is 28.1 Å². The van der Waals surface area contributed by atoms with Gasteiger partial charge in [0.2, 0.25) is 0 Å². The zero-order chi connectivity index (χ0) is 28.1. The van der Waals surface area contributed by atoms with Crippen molar-refractivity contribution < 1.29 is 4.92 Å². The summed E-state index contributed by atoms with van der Waals surface area (Å²) in [4.78, 5) is 16.6. The summed E-state index contributed by atoms with van der Waals surface area (Å²) in [5.74, 6) is 0.437. The number of hydrogen-bond acceptors (Lipinski definition) is 6. The van der Waals surface area contributed by atoms with E-state index in [1.165, 1.54) is 23.5 Å². The maximum atomic E-state index is 11.8. The van der Waals surface area contributed by atoms with Crippen LogP contribution in [0.4, 0.5) is 11.4 Å². The van der Waals surface area contributed by atoms with Gasteiger partial charge < -0.3 is 5.32 Å². The second-order valence-electron chi connectivity index (χ2n) is 10.1. The first-order chi connectivity index (χ1) is 19.4. The van der Waals surface area contributed by atoms with Crippen LogP contribution in [-0.2, 0) is 12.0 Å². The van der Waals surface area contributed by atoms with Crippen molar-refractivity contribution in [2.75, 3.05) is 5.32 Å². The standard InChI is InChI=1S/C33H30N4O2S/c1-23(2)20-31-35-22-30(40-31)32(34)28-21-27(37(38)39)18-19-29(28)36-33(24-12-6-3-7-13-24,25-14-8-4-9-15-25)26-16-10-5-11-17-26/h3-19,21-23,34,36H,20H2,1-2H3. The fraction of sp³-hybridized carbons (Fsp3) is 0.152. The third-order valence-corrected chi connectivity index (χ3v) is 7.85. The summed E-state index contributed by atoms with van der Waals surface area (Å²) >= 11 is 1.46. The molecule has 0 unspecified atom stereocenters. The summed E-state index contributed by atoms with van der Waals surface area (Å²) in [5, 5.41) is 25.7. The predicted octanol–water partition coefficient (Wildman–Crippen LogP) is 8.07. The molecular formula is C33H30N4O2S. The summed E-state index contributed by atoms with van der Waals surface area (Å²) in [7, 11) is 0. The molecule has 0 aliphatic carbocycles. The van der Waals surface area contributed by atoms with Gasteiger partial charge in [-0.15, -0.1) is 11.3 Å². The Labute approximate surface area is 238 Å². The number of nitro benzene ring substituents is 1. The Balaban J connectivity index is 1.72. The largest absolute Gasteiger partial charge is 0.367 e. The molecule has 0 amide bonds. The van der Waals surface area contributed by atoms with E-state index in [1.54, 1.807) is 12.3 Å². The topological polar surface area (TPSA) is 91.9 Å². The Bertz CT molecular complexity index is 1520. The first kappa shape index (κ1) is 27.0. The second kappa shape index (κ2) is 11.6. The van der Waals surface area contributed by atoms with E-state index in [0.29, 0.717) is 22.0 Å². The zero-order valence-electron chi connectivity index (χ0n) is 22.4. The van der Waals surface area contributed by atoms with Gasteiger partial charge in [0, 0.05) is 36.0 Å². The lowest BCUT2D eigenvalue weighted by Crippen LogP contribution is -2.38. The van der Waals surface area contributed by atoms with Crippen molar-refractivity contribution in [3.63, 3.8) is 0 Å². The van der Waals surface area contributed by atoms with E-state index < -0.39 is 10.5 Å². The number of non-ortho nitro benzene ring substituents is 1. The van der Waals surface area contributed by atoms with E-state index in [9.17, 15) is 15.5 Å². The second-order valence-corrected chi connectivity index (χ2v) is 11.2. The lowest BCUT2D eigenvalue weighted by Gasteiger charge is -2.38. The number of aromatic nitrogens is 1. The molecule has 1 aromatic heterocycles. The highest BCUT2D eigenvalue weighted by molar-refractivity contribution is 7.13. The molecule has 0 aliphatic rings. The van der Waals surface area contributed by atoms with Crippen LogP contribution in [0.3, 0.4) is 0 Å². The highest BCUT2D eigenvalue weighted by atomic mass is 32.1. The van der Waals surface area contributed by atoms with Crippen molar-refractivity contribution >= 4 is 28.4 Å². The molecule has 40 heavy (non-hydrogen) atoms. The van der Waals surface area contributed by atoms with Gasteiger partial charge in [0.15, 0.2) is 0 Å². The van der Waals surface area contributed by atoms with Crippen LogP contribution >= 0.6 is 11.3 Å². The normalized spacial score (nSPS) is 11.4. The minimum absolute atomic E-state index is 0.0676. The Morgan fingerprint density at radius 2 is 1.43 bits per heavy atom. The molecule has 7 heteroatoms. The molecule has 4 aromatic carbocycles. The molecule has 1 heterocycles. The van der Waals surface area contributed by atoms with Gasteiger partial charge in [0.1, 0.15) is 5.54 Å². The van der Waals surface area contributed by atoms with Crippen molar-refractivity contribution in [2.45, 2.75) is 25.8 Å². The van der Waals surface area contributed by atoms with Crippen molar-refractivity contribution in [1.29, 1.82) is 5.41 Å². The number of benzene rings is 4. The molecule has 0 saturated carbocycles. The number of rotatable bonds is 10. The van der Waals surface area contributed by atoms with E-state index in [2.05, 4.69) is 60.5 Å². The molecule has 6 nitrogen and oxygen atoms in total. The maximum absolute atomic E-state index is 11.8. The van der Waals surface area contributed by atoms with Crippen molar-refractivity contribution in [1.82, 2.24) is 4.98 Å². The molecule has 0 bridgehead atoms. The van der Waals surface area contributed by atoms with Gasteiger partial charge in [-0.1, -0.05) is 105 Å². The van der Waals surface area contributed by atoms with Gasteiger partial charge in [0.05, 0.1) is 20.5 Å². The minimum Gasteiger partial charge on any atom is -0.367 e. The van der Waals surface area contributed by atoms with Crippen LogP contribution in [0.25, 0.3) is 0 Å². The van der Waals surface area contributed by atoms with Crippen molar-refractivity contribution in [3.05, 3.63) is 158 Å².